The molecule has 6 nitrogen and oxygen atoms in total. The summed E-state index contributed by atoms with van der Waals surface area (Å²) in [5, 5.41) is 0. The Balaban J connectivity index is 1.69. The molecule has 0 radical (unpaired) electrons. The Hall–Kier alpha value is -1.44. The molecule has 3 rings (SSSR count). The van der Waals surface area contributed by atoms with Gasteiger partial charge in [-0.1, -0.05) is 29.8 Å². The molecule has 2 heterocycles. The van der Waals surface area contributed by atoms with Crippen LogP contribution in [0.4, 0.5) is 0 Å². The minimum atomic E-state index is -3.26. The molecule has 1 amide bonds. The standard InChI is InChI=1S/C19H28N2O4S/c1-3-26(23,24)21-9-10-25-14-17-13-20(8-7-18(17)21)19(22)12-16-6-4-5-15(2)11-16/h4-6,11,17-18H,3,7-10,12-14H2,1-2H3. The molecule has 1 aromatic rings. The van der Waals surface area contributed by atoms with Crippen LogP contribution in [0.25, 0.3) is 0 Å². The van der Waals surface area contributed by atoms with E-state index >= 15 is 0 Å². The third-order valence-electron chi connectivity index (χ3n) is 5.36. The molecule has 2 fully saturated rings. The van der Waals surface area contributed by atoms with Crippen molar-refractivity contribution in [2.45, 2.75) is 32.7 Å². The van der Waals surface area contributed by atoms with E-state index in [0.717, 1.165) is 11.1 Å². The molecule has 0 spiro atoms. The zero-order valence-corrected chi connectivity index (χ0v) is 16.4. The number of aryl methyl sites for hydroxylation is 1. The lowest BCUT2D eigenvalue weighted by atomic mass is 9.92. The number of piperidine rings is 1. The van der Waals surface area contributed by atoms with Gasteiger partial charge in [0.05, 0.1) is 25.4 Å². The third kappa shape index (κ3) is 4.27. The summed E-state index contributed by atoms with van der Waals surface area (Å²) in [4.78, 5) is 14.6. The smallest absolute Gasteiger partial charge is 0.227 e. The maximum Gasteiger partial charge on any atom is 0.227 e. The van der Waals surface area contributed by atoms with Crippen molar-refractivity contribution in [3.05, 3.63) is 35.4 Å². The van der Waals surface area contributed by atoms with Crippen molar-refractivity contribution in [2.24, 2.45) is 5.92 Å². The van der Waals surface area contributed by atoms with Crippen molar-refractivity contribution in [3.8, 4) is 0 Å². The predicted octanol–water partition coefficient (Wildman–Crippen LogP) is 1.44. The Labute approximate surface area is 156 Å². The van der Waals surface area contributed by atoms with Gasteiger partial charge in [0.25, 0.3) is 0 Å². The summed E-state index contributed by atoms with van der Waals surface area (Å²) < 4.78 is 32.2. The normalized spacial score (nSPS) is 24.8. The highest BCUT2D eigenvalue weighted by Gasteiger charge is 2.40. The Morgan fingerprint density at radius 2 is 2.12 bits per heavy atom. The summed E-state index contributed by atoms with van der Waals surface area (Å²) in [7, 11) is -3.26. The number of rotatable bonds is 4. The molecule has 2 aliphatic rings. The highest BCUT2D eigenvalue weighted by atomic mass is 32.2. The Bertz CT molecular complexity index is 750. The van der Waals surface area contributed by atoms with E-state index in [1.807, 2.05) is 36.1 Å². The van der Waals surface area contributed by atoms with Crippen molar-refractivity contribution in [1.29, 1.82) is 0 Å². The van der Waals surface area contributed by atoms with E-state index in [0.29, 0.717) is 45.7 Å². The first-order chi connectivity index (χ1) is 12.4. The van der Waals surface area contributed by atoms with Crippen LogP contribution in [0.2, 0.25) is 0 Å². The molecule has 2 unspecified atom stereocenters. The predicted molar refractivity (Wildman–Crippen MR) is 100 cm³/mol. The average Bonchev–Trinajstić information content (AvgIpc) is 2.84. The SMILES string of the molecule is CCS(=O)(=O)N1CCOCC2CN(C(=O)Cc3cccc(C)c3)CCC21. The van der Waals surface area contributed by atoms with Gasteiger partial charge < -0.3 is 9.64 Å². The quantitative estimate of drug-likeness (QED) is 0.793. The number of ether oxygens (including phenoxy) is 1. The summed E-state index contributed by atoms with van der Waals surface area (Å²) in [6.07, 6.45) is 1.06. The Morgan fingerprint density at radius 1 is 1.31 bits per heavy atom. The van der Waals surface area contributed by atoms with Gasteiger partial charge in [0.2, 0.25) is 15.9 Å². The molecule has 0 N–H and O–H groups in total. The van der Waals surface area contributed by atoms with Gasteiger partial charge in [-0.2, -0.15) is 4.31 Å². The molecule has 2 atom stereocenters. The van der Waals surface area contributed by atoms with Gasteiger partial charge in [-0.3, -0.25) is 4.79 Å². The molecule has 2 aliphatic heterocycles. The average molecular weight is 381 g/mol. The second-order valence-corrected chi connectivity index (χ2v) is 9.42. The van der Waals surface area contributed by atoms with Crippen molar-refractivity contribution in [1.82, 2.24) is 9.21 Å². The number of benzene rings is 1. The van der Waals surface area contributed by atoms with E-state index in [9.17, 15) is 13.2 Å². The first-order valence-electron chi connectivity index (χ1n) is 9.31. The monoisotopic (exact) mass is 380 g/mol. The number of likely N-dealkylation sites (tertiary alicyclic amines) is 1. The van der Waals surface area contributed by atoms with Crippen LogP contribution in [0.3, 0.4) is 0 Å². The second-order valence-electron chi connectivity index (χ2n) is 7.21. The van der Waals surface area contributed by atoms with Crippen LogP contribution in [0.1, 0.15) is 24.5 Å². The topological polar surface area (TPSA) is 66.9 Å². The van der Waals surface area contributed by atoms with Gasteiger partial charge in [0.1, 0.15) is 0 Å². The number of carbonyl (C=O) groups is 1. The highest BCUT2D eigenvalue weighted by molar-refractivity contribution is 7.89. The zero-order chi connectivity index (χ0) is 18.7. The fraction of sp³-hybridized carbons (Fsp3) is 0.632. The lowest BCUT2D eigenvalue weighted by molar-refractivity contribution is -0.133. The summed E-state index contributed by atoms with van der Waals surface area (Å²) >= 11 is 0. The molecule has 0 bridgehead atoms. The number of amides is 1. The largest absolute Gasteiger partial charge is 0.380 e. The van der Waals surface area contributed by atoms with E-state index in [4.69, 9.17) is 4.74 Å². The van der Waals surface area contributed by atoms with Crippen LogP contribution in [0.15, 0.2) is 24.3 Å². The zero-order valence-electron chi connectivity index (χ0n) is 15.6. The lowest BCUT2D eigenvalue weighted by Crippen LogP contribution is -2.54. The van der Waals surface area contributed by atoms with Crippen LogP contribution in [0, 0.1) is 12.8 Å². The summed E-state index contributed by atoms with van der Waals surface area (Å²) in [6, 6.07) is 7.93. The molecular weight excluding hydrogens is 352 g/mol. The maximum atomic E-state index is 12.7. The summed E-state index contributed by atoms with van der Waals surface area (Å²) in [5.74, 6) is 0.240. The molecule has 2 saturated heterocycles. The number of hydrogen-bond donors (Lipinski definition) is 0. The molecule has 7 heteroatoms. The van der Waals surface area contributed by atoms with Gasteiger partial charge in [0.15, 0.2) is 0 Å². The summed E-state index contributed by atoms with van der Waals surface area (Å²) in [6.45, 7) is 6.20. The van der Waals surface area contributed by atoms with Crippen LogP contribution < -0.4 is 0 Å². The Morgan fingerprint density at radius 3 is 2.85 bits per heavy atom. The van der Waals surface area contributed by atoms with E-state index in [1.54, 1.807) is 11.2 Å². The second kappa shape index (κ2) is 8.06. The molecule has 0 aromatic heterocycles. The van der Waals surface area contributed by atoms with Gasteiger partial charge in [-0.05, 0) is 25.8 Å². The molecule has 0 saturated carbocycles. The highest BCUT2D eigenvalue weighted by Crippen LogP contribution is 2.27. The van der Waals surface area contributed by atoms with Crippen LogP contribution in [-0.2, 0) is 26.0 Å². The fourth-order valence-corrected chi connectivity index (χ4v) is 5.34. The van der Waals surface area contributed by atoms with Crippen LogP contribution >= 0.6 is 0 Å². The van der Waals surface area contributed by atoms with Gasteiger partial charge in [-0.15, -0.1) is 0 Å². The maximum absolute atomic E-state index is 12.7. The van der Waals surface area contributed by atoms with Gasteiger partial charge in [0, 0.05) is 31.6 Å². The van der Waals surface area contributed by atoms with E-state index in [-0.39, 0.29) is 23.6 Å². The fourth-order valence-electron chi connectivity index (χ4n) is 3.96. The van der Waals surface area contributed by atoms with E-state index < -0.39 is 10.0 Å². The molecule has 26 heavy (non-hydrogen) atoms. The Kier molecular flexibility index (Phi) is 5.99. The molecule has 1 aromatic carbocycles. The number of carbonyl (C=O) groups excluding carboxylic acids is 1. The van der Waals surface area contributed by atoms with Crippen molar-refractivity contribution in [3.63, 3.8) is 0 Å². The number of fused-ring (bicyclic) bond motifs is 1. The van der Waals surface area contributed by atoms with Gasteiger partial charge >= 0.3 is 0 Å². The summed E-state index contributed by atoms with van der Waals surface area (Å²) in [5.41, 5.74) is 2.16. The number of nitrogens with zero attached hydrogens (tertiary/aromatic N) is 2. The minimum absolute atomic E-state index is 0.0361. The van der Waals surface area contributed by atoms with Crippen LogP contribution in [0.5, 0.6) is 0 Å². The van der Waals surface area contributed by atoms with Gasteiger partial charge in [-0.25, -0.2) is 8.42 Å². The molecule has 144 valence electrons. The third-order valence-corrected chi connectivity index (χ3v) is 7.26. The van der Waals surface area contributed by atoms with E-state index in [1.165, 1.54) is 0 Å². The number of hydrogen-bond acceptors (Lipinski definition) is 4. The lowest BCUT2D eigenvalue weighted by Gasteiger charge is -2.41. The number of sulfonamides is 1. The van der Waals surface area contributed by atoms with Crippen molar-refractivity contribution < 1.29 is 17.9 Å². The van der Waals surface area contributed by atoms with Crippen molar-refractivity contribution in [2.75, 3.05) is 38.6 Å². The minimum Gasteiger partial charge on any atom is -0.380 e. The molecule has 0 aliphatic carbocycles. The first-order valence-corrected chi connectivity index (χ1v) is 10.9. The van der Waals surface area contributed by atoms with Crippen LogP contribution in [-0.4, -0.2) is 68.2 Å². The van der Waals surface area contributed by atoms with Crippen molar-refractivity contribution >= 4 is 15.9 Å². The first kappa shape index (κ1) is 19.3. The molecular formula is C19H28N2O4S. The van der Waals surface area contributed by atoms with E-state index in [2.05, 4.69) is 0 Å².